The Bertz CT molecular complexity index is 1200. The molecule has 14 heteroatoms. The summed E-state index contributed by atoms with van der Waals surface area (Å²) in [6.07, 6.45) is 0.892. The van der Waals surface area contributed by atoms with Crippen molar-refractivity contribution in [2.75, 3.05) is 26.8 Å². The van der Waals surface area contributed by atoms with Gasteiger partial charge in [-0.1, -0.05) is 58.0 Å². The van der Waals surface area contributed by atoms with Crippen molar-refractivity contribution < 1.29 is 33.1 Å². The third-order valence-corrected chi connectivity index (χ3v) is 7.82. The number of alkyl halides is 1. The van der Waals surface area contributed by atoms with Gasteiger partial charge in [0.25, 0.3) is 0 Å². The fourth-order valence-corrected chi connectivity index (χ4v) is 5.56. The van der Waals surface area contributed by atoms with Crippen LogP contribution in [-0.4, -0.2) is 96.3 Å². The molecular formula is C32H50FN7O6. The van der Waals surface area contributed by atoms with Crippen molar-refractivity contribution in [1.82, 2.24) is 25.8 Å². The highest BCUT2D eigenvalue weighted by Gasteiger charge is 2.42. The lowest BCUT2D eigenvalue weighted by molar-refractivity contribution is -0.150. The molecule has 13 nitrogen and oxygen atoms in total. The molecule has 2 rings (SSSR count). The van der Waals surface area contributed by atoms with Gasteiger partial charge in [0.15, 0.2) is 11.7 Å². The predicted molar refractivity (Wildman–Crippen MR) is 171 cm³/mol. The molecule has 4 amide bonds. The Kier molecular flexibility index (Phi) is 15.4. The van der Waals surface area contributed by atoms with Crippen LogP contribution >= 0.6 is 0 Å². The highest BCUT2D eigenvalue weighted by atomic mass is 19.1. The van der Waals surface area contributed by atoms with E-state index >= 15 is 0 Å². The fraction of sp³-hybridized carbons (Fsp3) is 0.625. The van der Waals surface area contributed by atoms with E-state index in [9.17, 15) is 28.4 Å². The number of carbonyl (C=O) groups is 5. The Morgan fingerprint density at radius 2 is 1.76 bits per heavy atom. The summed E-state index contributed by atoms with van der Waals surface area (Å²) < 4.78 is 18.6. The van der Waals surface area contributed by atoms with E-state index in [-0.39, 0.29) is 43.9 Å². The maximum atomic E-state index is 14.0. The number of Topliss-reactive ketones (excluding diaryl/α,β-unsaturated/α-hetero) is 1. The lowest BCUT2D eigenvalue weighted by Crippen LogP contribution is -2.59. The minimum Gasteiger partial charge on any atom is -0.445 e. The zero-order chi connectivity index (χ0) is 34.4. The van der Waals surface area contributed by atoms with E-state index in [1.807, 2.05) is 44.2 Å². The molecule has 1 heterocycles. The first-order valence-electron chi connectivity index (χ1n) is 15.8. The number of ketones is 1. The maximum absolute atomic E-state index is 14.0. The standard InChI is InChI=1S/C32H50FN7O6/c1-20(2)17-24(38-32(45)46-19-22-11-7-6-8-12-22)29(43)39(5)27(21(3)4)30(44)40-16-10-14-25(40)28(42)37-23(26(41)18-33)13-9-15-36-31(34)35/h6-8,11-12,20-21,23-25,27H,9-10,13-19H2,1-5H3,(H,37,42)(H,38,45)(H4,34,35,36)/t23-,24-,25-,27-/m0/s1. The van der Waals surface area contributed by atoms with Gasteiger partial charge in [0, 0.05) is 20.1 Å². The molecule has 4 atom stereocenters. The van der Waals surface area contributed by atoms with Gasteiger partial charge in [0.2, 0.25) is 17.7 Å². The summed E-state index contributed by atoms with van der Waals surface area (Å²) in [6.45, 7) is 6.72. The summed E-state index contributed by atoms with van der Waals surface area (Å²) in [6, 6.07) is 5.23. The number of hydrogen-bond donors (Lipinski definition) is 5. The molecule has 1 aliphatic rings. The number of carbonyl (C=O) groups excluding carboxylic acids is 5. The molecule has 1 fully saturated rings. The normalized spacial score (nSPS) is 16.3. The number of guanidine groups is 1. The summed E-state index contributed by atoms with van der Waals surface area (Å²) >= 11 is 0. The number of nitrogens with one attached hydrogen (secondary N) is 4. The number of nitrogens with zero attached hydrogens (tertiary/aromatic N) is 2. The van der Waals surface area contributed by atoms with Crippen molar-refractivity contribution in [2.45, 2.75) is 90.6 Å². The first-order chi connectivity index (χ1) is 21.8. The van der Waals surface area contributed by atoms with Crippen LogP contribution in [0.25, 0.3) is 0 Å². The molecule has 1 aromatic carbocycles. The molecule has 0 unspecified atom stereocenters. The molecule has 1 saturated heterocycles. The number of alkyl carbamates (subject to hydrolysis) is 1. The topological polar surface area (TPSA) is 187 Å². The van der Waals surface area contributed by atoms with Gasteiger partial charge < -0.3 is 36.2 Å². The second-order valence-corrected chi connectivity index (χ2v) is 12.4. The van der Waals surface area contributed by atoms with Crippen molar-refractivity contribution in [1.29, 1.82) is 5.41 Å². The molecule has 1 aliphatic heterocycles. The molecular weight excluding hydrogens is 597 g/mol. The average molecular weight is 648 g/mol. The van der Waals surface area contributed by atoms with Crippen molar-refractivity contribution >= 4 is 35.6 Å². The number of ether oxygens (including phenoxy) is 1. The SMILES string of the molecule is CC(C)C[C@H](NC(=O)OCc1ccccc1)C(=O)N(C)[C@H](C(=O)N1CCC[C@H]1C(=O)N[C@@H](CCCNC(=N)N)C(=O)CF)C(C)C. The molecule has 256 valence electrons. The van der Waals surface area contributed by atoms with E-state index in [0.717, 1.165) is 5.56 Å². The predicted octanol–water partition coefficient (Wildman–Crippen LogP) is 2.09. The Morgan fingerprint density at radius 1 is 1.09 bits per heavy atom. The zero-order valence-electron chi connectivity index (χ0n) is 27.5. The van der Waals surface area contributed by atoms with E-state index in [1.165, 1.54) is 16.8 Å². The maximum Gasteiger partial charge on any atom is 0.408 e. The van der Waals surface area contributed by atoms with Crippen LogP contribution in [0, 0.1) is 17.2 Å². The molecule has 0 aliphatic carbocycles. The van der Waals surface area contributed by atoms with Crippen LogP contribution in [0.3, 0.4) is 0 Å². The Balaban J connectivity index is 2.15. The summed E-state index contributed by atoms with van der Waals surface area (Å²) in [7, 11) is 1.51. The van der Waals surface area contributed by atoms with Crippen LogP contribution in [0.5, 0.6) is 0 Å². The molecule has 0 saturated carbocycles. The number of hydrogen-bond acceptors (Lipinski definition) is 7. The summed E-state index contributed by atoms with van der Waals surface area (Å²) in [5.41, 5.74) is 6.06. The number of rotatable bonds is 17. The van der Waals surface area contributed by atoms with Gasteiger partial charge in [-0.05, 0) is 49.5 Å². The first-order valence-corrected chi connectivity index (χ1v) is 15.8. The van der Waals surface area contributed by atoms with E-state index in [4.69, 9.17) is 15.9 Å². The van der Waals surface area contributed by atoms with Crippen molar-refractivity contribution in [2.24, 2.45) is 17.6 Å². The summed E-state index contributed by atoms with van der Waals surface area (Å²) in [4.78, 5) is 68.8. The van der Waals surface area contributed by atoms with E-state index < -0.39 is 60.4 Å². The molecule has 46 heavy (non-hydrogen) atoms. The number of likely N-dealkylation sites (N-methyl/N-ethyl adjacent to an activating group) is 1. The van der Waals surface area contributed by atoms with E-state index in [1.54, 1.807) is 13.8 Å². The largest absolute Gasteiger partial charge is 0.445 e. The van der Waals surface area contributed by atoms with Crippen LogP contribution in [-0.2, 0) is 30.5 Å². The highest BCUT2D eigenvalue weighted by molar-refractivity contribution is 5.96. The van der Waals surface area contributed by atoms with Crippen LogP contribution in [0.15, 0.2) is 30.3 Å². The fourth-order valence-electron chi connectivity index (χ4n) is 5.56. The quantitative estimate of drug-likeness (QED) is 0.0966. The van der Waals surface area contributed by atoms with E-state index in [2.05, 4.69) is 16.0 Å². The van der Waals surface area contributed by atoms with Gasteiger partial charge in [-0.25, -0.2) is 9.18 Å². The zero-order valence-corrected chi connectivity index (χ0v) is 27.5. The molecule has 0 radical (unpaired) electrons. The first kappa shape index (κ1) is 38.0. The van der Waals surface area contributed by atoms with Crippen molar-refractivity contribution in [3.63, 3.8) is 0 Å². The molecule has 1 aromatic rings. The molecule has 6 N–H and O–H groups in total. The van der Waals surface area contributed by atoms with Gasteiger partial charge in [-0.15, -0.1) is 0 Å². The number of halogens is 1. The van der Waals surface area contributed by atoms with Gasteiger partial charge in [-0.2, -0.15) is 0 Å². The summed E-state index contributed by atoms with van der Waals surface area (Å²) in [5.74, 6) is -2.81. The second kappa shape index (κ2) is 18.7. The third-order valence-electron chi connectivity index (χ3n) is 7.82. The number of benzene rings is 1. The van der Waals surface area contributed by atoms with Gasteiger partial charge in [0.05, 0.1) is 6.04 Å². The van der Waals surface area contributed by atoms with Gasteiger partial charge in [0.1, 0.15) is 31.4 Å². The molecule has 0 bridgehead atoms. The Labute approximate surface area is 270 Å². The Morgan fingerprint density at radius 3 is 2.35 bits per heavy atom. The third kappa shape index (κ3) is 11.6. The molecule has 0 spiro atoms. The van der Waals surface area contributed by atoms with Crippen LogP contribution in [0.2, 0.25) is 0 Å². The minimum absolute atomic E-state index is 0.0315. The van der Waals surface area contributed by atoms with Crippen LogP contribution in [0.1, 0.15) is 65.4 Å². The van der Waals surface area contributed by atoms with Crippen LogP contribution in [0.4, 0.5) is 9.18 Å². The lowest BCUT2D eigenvalue weighted by atomic mass is 9.97. The van der Waals surface area contributed by atoms with Gasteiger partial charge in [-0.3, -0.25) is 24.6 Å². The molecule has 0 aromatic heterocycles. The van der Waals surface area contributed by atoms with Crippen LogP contribution < -0.4 is 21.7 Å². The van der Waals surface area contributed by atoms with Crippen molar-refractivity contribution in [3.05, 3.63) is 35.9 Å². The summed E-state index contributed by atoms with van der Waals surface area (Å²) in [5, 5.41) is 15.1. The average Bonchev–Trinajstić information content (AvgIpc) is 3.51. The second-order valence-electron chi connectivity index (χ2n) is 12.4. The number of likely N-dealkylation sites (tertiary alicyclic amines) is 1. The number of amides is 4. The van der Waals surface area contributed by atoms with E-state index in [0.29, 0.717) is 25.7 Å². The lowest BCUT2D eigenvalue weighted by Gasteiger charge is -2.37. The monoisotopic (exact) mass is 647 g/mol. The van der Waals surface area contributed by atoms with Gasteiger partial charge >= 0.3 is 6.09 Å². The Hall–Kier alpha value is -4.23. The minimum atomic E-state index is -1.26. The van der Waals surface area contributed by atoms with Crippen molar-refractivity contribution in [3.8, 4) is 0 Å². The highest BCUT2D eigenvalue weighted by Crippen LogP contribution is 2.24. The number of nitrogens with two attached hydrogens (primary N) is 1. The smallest absolute Gasteiger partial charge is 0.408 e.